The molecule has 23 heavy (non-hydrogen) atoms. The van der Waals surface area contributed by atoms with Crippen molar-refractivity contribution in [3.63, 3.8) is 0 Å². The summed E-state index contributed by atoms with van der Waals surface area (Å²) in [5, 5.41) is 11.2. The van der Waals surface area contributed by atoms with Crippen LogP contribution in [0.25, 0.3) is 0 Å². The molecule has 1 saturated heterocycles. The number of nitrogens with zero attached hydrogens (tertiary/aromatic N) is 3. The summed E-state index contributed by atoms with van der Waals surface area (Å²) in [5.74, 6) is 0. The first-order chi connectivity index (χ1) is 11.1. The zero-order chi connectivity index (χ0) is 16.2. The van der Waals surface area contributed by atoms with Gasteiger partial charge in [-0.15, -0.1) is 0 Å². The summed E-state index contributed by atoms with van der Waals surface area (Å²) in [5.41, 5.74) is 3.53. The van der Waals surface area contributed by atoms with Crippen molar-refractivity contribution in [1.29, 1.82) is 0 Å². The molecule has 1 fully saturated rings. The molecule has 0 amide bonds. The van der Waals surface area contributed by atoms with Crippen molar-refractivity contribution < 1.29 is 4.92 Å². The Morgan fingerprint density at radius 1 is 1.04 bits per heavy atom. The standard InChI is InChI=1S/C18H21N3O2/c1-15-5-4-6-16(13-15)14-19-9-11-20(12-10-19)17-7-2-3-8-18(17)21(22)23/h2-8,13H,9-12,14H2,1H3. The first kappa shape index (κ1) is 15.5. The minimum atomic E-state index is -0.297. The van der Waals surface area contributed by atoms with E-state index in [2.05, 4.69) is 41.0 Å². The number of piperazine rings is 1. The van der Waals surface area contributed by atoms with Gasteiger partial charge in [-0.05, 0) is 18.6 Å². The highest BCUT2D eigenvalue weighted by Crippen LogP contribution is 2.28. The number of rotatable bonds is 4. The normalized spacial score (nSPS) is 15.6. The fourth-order valence-electron chi connectivity index (χ4n) is 3.10. The van der Waals surface area contributed by atoms with E-state index in [0.29, 0.717) is 0 Å². The largest absolute Gasteiger partial charge is 0.363 e. The average molecular weight is 311 g/mol. The Balaban J connectivity index is 1.64. The number of nitro groups is 1. The Morgan fingerprint density at radius 2 is 1.78 bits per heavy atom. The van der Waals surface area contributed by atoms with Gasteiger partial charge in [-0.3, -0.25) is 15.0 Å². The zero-order valence-corrected chi connectivity index (χ0v) is 13.3. The molecule has 1 aliphatic rings. The van der Waals surface area contributed by atoms with Crippen LogP contribution in [0.4, 0.5) is 11.4 Å². The molecule has 120 valence electrons. The summed E-state index contributed by atoms with van der Waals surface area (Å²) >= 11 is 0. The predicted molar refractivity (Wildman–Crippen MR) is 91.8 cm³/mol. The topological polar surface area (TPSA) is 49.6 Å². The summed E-state index contributed by atoms with van der Waals surface area (Å²) in [6.07, 6.45) is 0. The fourth-order valence-corrected chi connectivity index (χ4v) is 3.10. The summed E-state index contributed by atoms with van der Waals surface area (Å²) in [4.78, 5) is 15.4. The van der Waals surface area contributed by atoms with Crippen LogP contribution in [0.15, 0.2) is 48.5 Å². The molecule has 0 saturated carbocycles. The number of para-hydroxylation sites is 2. The van der Waals surface area contributed by atoms with Crippen molar-refractivity contribution in [3.05, 3.63) is 69.8 Å². The highest BCUT2D eigenvalue weighted by atomic mass is 16.6. The van der Waals surface area contributed by atoms with Crippen molar-refractivity contribution in [2.45, 2.75) is 13.5 Å². The van der Waals surface area contributed by atoms with Crippen molar-refractivity contribution in [2.75, 3.05) is 31.1 Å². The first-order valence-electron chi connectivity index (χ1n) is 7.90. The van der Waals surface area contributed by atoms with E-state index in [1.807, 2.05) is 12.1 Å². The lowest BCUT2D eigenvalue weighted by molar-refractivity contribution is -0.384. The van der Waals surface area contributed by atoms with Gasteiger partial charge in [0.15, 0.2) is 0 Å². The zero-order valence-electron chi connectivity index (χ0n) is 13.3. The molecule has 2 aromatic carbocycles. The Kier molecular flexibility index (Phi) is 4.57. The van der Waals surface area contributed by atoms with Crippen LogP contribution in [0.5, 0.6) is 0 Å². The average Bonchev–Trinajstić information content (AvgIpc) is 2.55. The summed E-state index contributed by atoms with van der Waals surface area (Å²) < 4.78 is 0. The highest BCUT2D eigenvalue weighted by Gasteiger charge is 2.23. The Bertz CT molecular complexity index is 694. The summed E-state index contributed by atoms with van der Waals surface area (Å²) in [7, 11) is 0. The number of anilines is 1. The maximum absolute atomic E-state index is 11.2. The van der Waals surface area contributed by atoms with E-state index in [-0.39, 0.29) is 10.6 Å². The molecular formula is C18H21N3O2. The lowest BCUT2D eigenvalue weighted by atomic mass is 10.1. The Hall–Kier alpha value is -2.40. The Morgan fingerprint density at radius 3 is 2.48 bits per heavy atom. The van der Waals surface area contributed by atoms with Gasteiger partial charge in [0.05, 0.1) is 4.92 Å². The maximum atomic E-state index is 11.2. The van der Waals surface area contributed by atoms with Crippen LogP contribution in [-0.2, 0) is 6.54 Å². The molecular weight excluding hydrogens is 290 g/mol. The third-order valence-electron chi connectivity index (χ3n) is 4.28. The molecule has 3 rings (SSSR count). The molecule has 0 atom stereocenters. The smallest absolute Gasteiger partial charge is 0.292 e. The van der Waals surface area contributed by atoms with Gasteiger partial charge in [-0.1, -0.05) is 42.0 Å². The van der Waals surface area contributed by atoms with Gasteiger partial charge in [0, 0.05) is 38.8 Å². The number of hydrogen-bond donors (Lipinski definition) is 0. The molecule has 2 aromatic rings. The second-order valence-electron chi connectivity index (χ2n) is 6.00. The van der Waals surface area contributed by atoms with E-state index in [9.17, 15) is 10.1 Å². The third-order valence-corrected chi connectivity index (χ3v) is 4.28. The number of hydrogen-bond acceptors (Lipinski definition) is 4. The predicted octanol–water partition coefficient (Wildman–Crippen LogP) is 3.23. The minimum Gasteiger partial charge on any atom is -0.363 e. The van der Waals surface area contributed by atoms with Gasteiger partial charge in [0.2, 0.25) is 0 Å². The second-order valence-corrected chi connectivity index (χ2v) is 6.00. The quantitative estimate of drug-likeness (QED) is 0.642. The van der Waals surface area contributed by atoms with Gasteiger partial charge >= 0.3 is 0 Å². The third kappa shape index (κ3) is 3.68. The van der Waals surface area contributed by atoms with Crippen LogP contribution in [0.2, 0.25) is 0 Å². The van der Waals surface area contributed by atoms with Crippen molar-refractivity contribution in [3.8, 4) is 0 Å². The molecule has 0 unspecified atom stereocenters. The molecule has 0 bridgehead atoms. The van der Waals surface area contributed by atoms with Crippen molar-refractivity contribution in [2.24, 2.45) is 0 Å². The molecule has 0 aromatic heterocycles. The van der Waals surface area contributed by atoms with Gasteiger partial charge in [-0.25, -0.2) is 0 Å². The van der Waals surface area contributed by atoms with Gasteiger partial charge < -0.3 is 4.90 Å². The molecule has 5 nitrogen and oxygen atoms in total. The Labute approximate surface area is 136 Å². The van der Waals surface area contributed by atoms with Crippen molar-refractivity contribution >= 4 is 11.4 Å². The van der Waals surface area contributed by atoms with Crippen LogP contribution in [0.1, 0.15) is 11.1 Å². The number of benzene rings is 2. The molecule has 0 N–H and O–H groups in total. The van der Waals surface area contributed by atoms with E-state index in [4.69, 9.17) is 0 Å². The van der Waals surface area contributed by atoms with E-state index < -0.39 is 0 Å². The molecule has 0 radical (unpaired) electrons. The van der Waals surface area contributed by atoms with E-state index in [1.165, 1.54) is 11.1 Å². The van der Waals surface area contributed by atoms with E-state index in [1.54, 1.807) is 12.1 Å². The fraction of sp³-hybridized carbons (Fsp3) is 0.333. The molecule has 1 heterocycles. The lowest BCUT2D eigenvalue weighted by Crippen LogP contribution is -2.46. The minimum absolute atomic E-state index is 0.194. The lowest BCUT2D eigenvalue weighted by Gasteiger charge is -2.35. The van der Waals surface area contributed by atoms with Crippen LogP contribution < -0.4 is 4.90 Å². The summed E-state index contributed by atoms with van der Waals surface area (Å²) in [6.45, 7) is 6.51. The SMILES string of the molecule is Cc1cccc(CN2CCN(c3ccccc3[N+](=O)[O-])CC2)c1. The summed E-state index contributed by atoms with van der Waals surface area (Å²) in [6, 6.07) is 15.6. The number of aryl methyl sites for hydroxylation is 1. The monoisotopic (exact) mass is 311 g/mol. The van der Waals surface area contributed by atoms with Crippen LogP contribution in [0, 0.1) is 17.0 Å². The first-order valence-corrected chi connectivity index (χ1v) is 7.90. The second kappa shape index (κ2) is 6.79. The van der Waals surface area contributed by atoms with Gasteiger partial charge in [-0.2, -0.15) is 0 Å². The molecule has 5 heteroatoms. The maximum Gasteiger partial charge on any atom is 0.292 e. The number of nitro benzene ring substituents is 1. The molecule has 0 spiro atoms. The molecule has 1 aliphatic heterocycles. The van der Waals surface area contributed by atoms with Crippen LogP contribution >= 0.6 is 0 Å². The van der Waals surface area contributed by atoms with E-state index in [0.717, 1.165) is 38.4 Å². The molecule has 0 aliphatic carbocycles. The van der Waals surface area contributed by atoms with Crippen molar-refractivity contribution in [1.82, 2.24) is 4.90 Å². The van der Waals surface area contributed by atoms with Gasteiger partial charge in [0.25, 0.3) is 5.69 Å². The highest BCUT2D eigenvalue weighted by molar-refractivity contribution is 5.63. The van der Waals surface area contributed by atoms with Crippen LogP contribution in [0.3, 0.4) is 0 Å². The van der Waals surface area contributed by atoms with E-state index >= 15 is 0 Å². The van der Waals surface area contributed by atoms with Crippen LogP contribution in [-0.4, -0.2) is 36.0 Å². The van der Waals surface area contributed by atoms with Gasteiger partial charge in [0.1, 0.15) is 5.69 Å².